The zero-order valence-electron chi connectivity index (χ0n) is 28.3. The van der Waals surface area contributed by atoms with E-state index in [0.29, 0.717) is 24.9 Å². The molecule has 4 aliphatic heterocycles. The Morgan fingerprint density at radius 1 is 1.09 bits per heavy atom. The smallest absolute Gasteiger partial charge is 0.313 e. The Morgan fingerprint density at radius 2 is 1.81 bits per heavy atom. The van der Waals surface area contributed by atoms with Gasteiger partial charge < -0.3 is 34.4 Å². The van der Waals surface area contributed by atoms with Crippen LogP contribution in [0, 0.1) is 17.8 Å². The Balaban J connectivity index is 1.65. The van der Waals surface area contributed by atoms with Crippen LogP contribution in [0.15, 0.2) is 54.6 Å². The number of amides is 3. The van der Waals surface area contributed by atoms with Gasteiger partial charge in [-0.05, 0) is 45.1 Å². The second-order valence-electron chi connectivity index (χ2n) is 14.4. The van der Waals surface area contributed by atoms with Crippen LogP contribution in [-0.2, 0) is 33.4 Å². The fourth-order valence-electron chi connectivity index (χ4n) is 7.65. The van der Waals surface area contributed by atoms with Crippen LogP contribution in [0.3, 0.4) is 0 Å². The van der Waals surface area contributed by atoms with E-state index in [-0.39, 0.29) is 37.4 Å². The number of nitrogens with zero attached hydrogens (tertiary/aromatic N) is 2. The fourth-order valence-corrected chi connectivity index (χ4v) is 7.65. The largest absolute Gasteiger partial charge is 0.455 e. The Hall–Kier alpha value is -3.54. The van der Waals surface area contributed by atoms with Gasteiger partial charge in [-0.25, -0.2) is 0 Å². The van der Waals surface area contributed by atoms with Gasteiger partial charge in [0.25, 0.3) is 0 Å². The summed E-state index contributed by atoms with van der Waals surface area (Å²) in [5.74, 6) is -3.70. The minimum absolute atomic E-state index is 0.0778. The van der Waals surface area contributed by atoms with Crippen LogP contribution >= 0.6 is 0 Å². The van der Waals surface area contributed by atoms with E-state index in [1.165, 1.54) is 12.0 Å². The summed E-state index contributed by atoms with van der Waals surface area (Å²) in [4.78, 5) is 60.2. The Kier molecular flexibility index (Phi) is 10.3. The van der Waals surface area contributed by atoms with Crippen molar-refractivity contribution in [1.82, 2.24) is 15.1 Å². The minimum Gasteiger partial charge on any atom is -0.455 e. The highest BCUT2D eigenvalue weighted by Gasteiger charge is 2.73. The van der Waals surface area contributed by atoms with E-state index in [2.05, 4.69) is 5.32 Å². The average molecular weight is 652 g/mol. The Labute approximate surface area is 277 Å². The number of rotatable bonds is 7. The quantitative estimate of drug-likeness (QED) is 0.340. The number of esters is 1. The summed E-state index contributed by atoms with van der Waals surface area (Å²) >= 11 is 0. The summed E-state index contributed by atoms with van der Waals surface area (Å²) in [6.45, 7) is 9.83. The summed E-state index contributed by atoms with van der Waals surface area (Å²) in [7, 11) is 1.51. The summed E-state index contributed by atoms with van der Waals surface area (Å²) in [6, 6.07) is 6.64. The van der Waals surface area contributed by atoms with Crippen LogP contribution in [0.2, 0.25) is 0 Å². The number of carbonyl (C=O) groups excluding carboxylic acids is 4. The molecule has 0 aromatic heterocycles. The molecule has 0 bridgehead atoms. The number of ether oxygens (including phenoxy) is 3. The number of aliphatic hydroxyl groups is 1. The lowest BCUT2D eigenvalue weighted by Gasteiger charge is -2.42. The molecule has 4 heterocycles. The van der Waals surface area contributed by atoms with E-state index < -0.39 is 65.2 Å². The molecular formula is C36H49N3O8. The predicted octanol–water partition coefficient (Wildman–Crippen LogP) is 2.94. The van der Waals surface area contributed by atoms with Crippen molar-refractivity contribution in [2.75, 3.05) is 26.9 Å². The van der Waals surface area contributed by atoms with E-state index in [0.717, 1.165) is 0 Å². The van der Waals surface area contributed by atoms with Crippen LogP contribution in [0.4, 0.5) is 0 Å². The molecule has 8 atom stereocenters. The molecule has 2 saturated heterocycles. The predicted molar refractivity (Wildman–Crippen MR) is 174 cm³/mol. The number of carbonyl (C=O) groups is 4. The van der Waals surface area contributed by atoms with Gasteiger partial charge in [0.1, 0.15) is 23.7 Å². The van der Waals surface area contributed by atoms with E-state index in [9.17, 15) is 24.3 Å². The number of allylic oxidation sites excluding steroid dienone is 1. The Bertz CT molecular complexity index is 1390. The van der Waals surface area contributed by atoms with Crippen molar-refractivity contribution in [2.24, 2.45) is 17.8 Å². The Morgan fingerprint density at radius 3 is 2.45 bits per heavy atom. The third kappa shape index (κ3) is 6.62. The van der Waals surface area contributed by atoms with Gasteiger partial charge >= 0.3 is 5.97 Å². The van der Waals surface area contributed by atoms with Crippen LogP contribution in [0.5, 0.6) is 0 Å². The molecule has 1 spiro atoms. The van der Waals surface area contributed by atoms with Gasteiger partial charge in [-0.15, -0.1) is 0 Å². The first-order chi connectivity index (χ1) is 22.3. The van der Waals surface area contributed by atoms with Gasteiger partial charge in [-0.2, -0.15) is 0 Å². The molecule has 1 aromatic rings. The second-order valence-corrected chi connectivity index (χ2v) is 14.4. The summed E-state index contributed by atoms with van der Waals surface area (Å²) in [6.07, 6.45) is 6.31. The molecule has 4 aliphatic rings. The van der Waals surface area contributed by atoms with Crippen molar-refractivity contribution in [1.29, 1.82) is 0 Å². The molecule has 1 aromatic carbocycles. The first kappa shape index (κ1) is 34.8. The van der Waals surface area contributed by atoms with Gasteiger partial charge in [0, 0.05) is 25.6 Å². The first-order valence-electron chi connectivity index (χ1n) is 16.6. The maximum absolute atomic E-state index is 14.8. The van der Waals surface area contributed by atoms with E-state index >= 15 is 0 Å². The number of fused-ring (bicyclic) bond motifs is 2. The normalized spacial score (nSPS) is 32.9. The lowest BCUT2D eigenvalue weighted by molar-refractivity contribution is -0.163. The summed E-state index contributed by atoms with van der Waals surface area (Å²) < 4.78 is 18.6. The topological polar surface area (TPSA) is 135 Å². The van der Waals surface area contributed by atoms with Gasteiger partial charge in [0.05, 0.1) is 37.3 Å². The third-order valence-corrected chi connectivity index (χ3v) is 9.65. The van der Waals surface area contributed by atoms with E-state index in [1.54, 1.807) is 23.1 Å². The van der Waals surface area contributed by atoms with Gasteiger partial charge in [0.2, 0.25) is 17.7 Å². The maximum atomic E-state index is 14.8. The molecule has 5 rings (SSSR count). The number of methoxy groups -OCH3 is 1. The molecule has 0 radical (unpaired) electrons. The molecule has 2 fully saturated rings. The summed E-state index contributed by atoms with van der Waals surface area (Å²) in [5.41, 5.74) is -1.41. The zero-order valence-corrected chi connectivity index (χ0v) is 28.3. The van der Waals surface area contributed by atoms with Crippen molar-refractivity contribution in [2.45, 2.75) is 95.4 Å². The first-order valence-corrected chi connectivity index (χ1v) is 16.6. The van der Waals surface area contributed by atoms with E-state index in [4.69, 9.17) is 14.2 Å². The molecule has 256 valence electrons. The van der Waals surface area contributed by atoms with Gasteiger partial charge in [-0.1, -0.05) is 68.5 Å². The third-order valence-electron chi connectivity index (χ3n) is 9.65. The molecule has 47 heavy (non-hydrogen) atoms. The molecular weight excluding hydrogens is 602 g/mol. The molecule has 0 unspecified atom stereocenters. The number of nitrogens with one attached hydrogen (secondary N) is 1. The number of hydrogen-bond acceptors (Lipinski definition) is 8. The molecule has 11 nitrogen and oxygen atoms in total. The molecule has 11 heteroatoms. The molecule has 3 amide bonds. The SMILES string of the molecule is COC[C@@H]1NC(=O)CC/C=C\[C@@H]2O[C@@]34C=CCN(C(C)(C)C)C(=O)[C@@H]3N([C@@H](CO)CC(C)C)C(=O)[C@H]4[C@@H]2C(=O)O[C@H]1c1ccccc1. The van der Waals surface area contributed by atoms with Crippen molar-refractivity contribution < 1.29 is 38.5 Å². The zero-order chi connectivity index (χ0) is 34.1. The molecule has 0 aliphatic carbocycles. The number of aliphatic hydroxyl groups excluding tert-OH is 1. The molecule has 0 saturated carbocycles. The highest BCUT2D eigenvalue weighted by Crippen LogP contribution is 2.54. The second kappa shape index (κ2) is 13.9. The van der Waals surface area contributed by atoms with Crippen molar-refractivity contribution in [3.8, 4) is 0 Å². The van der Waals surface area contributed by atoms with Crippen LogP contribution in [0.1, 0.15) is 65.5 Å². The molecule has 2 N–H and O–H groups in total. The number of benzene rings is 1. The van der Waals surface area contributed by atoms with Crippen molar-refractivity contribution in [3.63, 3.8) is 0 Å². The van der Waals surface area contributed by atoms with E-state index in [1.807, 2.05) is 71.0 Å². The van der Waals surface area contributed by atoms with Crippen LogP contribution < -0.4 is 5.32 Å². The van der Waals surface area contributed by atoms with Gasteiger partial charge in [-0.3, -0.25) is 19.2 Å². The number of hydrogen-bond donors (Lipinski definition) is 2. The number of likely N-dealkylation sites (tertiary alicyclic amines) is 1. The van der Waals surface area contributed by atoms with Gasteiger partial charge in [0.15, 0.2) is 0 Å². The van der Waals surface area contributed by atoms with Crippen molar-refractivity contribution >= 4 is 23.7 Å². The van der Waals surface area contributed by atoms with Crippen molar-refractivity contribution in [3.05, 3.63) is 60.2 Å². The number of cyclic esters (lactones) is 1. The summed E-state index contributed by atoms with van der Waals surface area (Å²) in [5, 5.41) is 13.6. The lowest BCUT2D eigenvalue weighted by Crippen LogP contribution is -2.60. The maximum Gasteiger partial charge on any atom is 0.313 e. The minimum atomic E-state index is -1.49. The van der Waals surface area contributed by atoms with Crippen LogP contribution in [0.25, 0.3) is 0 Å². The highest BCUT2D eigenvalue weighted by molar-refractivity contribution is 5.99. The monoisotopic (exact) mass is 651 g/mol. The average Bonchev–Trinajstić information content (AvgIpc) is 3.40. The highest BCUT2D eigenvalue weighted by atomic mass is 16.6. The fraction of sp³-hybridized carbons (Fsp3) is 0.611. The lowest BCUT2D eigenvalue weighted by atomic mass is 9.77. The standard InChI is InChI=1S/C36H49N3O8/c1-22(2)19-24(20-40)39-31-33(43)38(35(3,4)5)18-12-17-36(31)29(32(39)42)28-26(47-36)15-10-11-16-27(41)37-25(21-45-6)30(46-34(28)44)23-13-8-7-9-14-23/h7-10,12-15,17,22,24-26,28-31,40H,11,16,18-21H2,1-6H3,(H,37,41)/b15-10-/t24-,25+,26+,28-,29-,30+,31+,36-/m1/s1. The van der Waals surface area contributed by atoms with Crippen LogP contribution in [-0.4, -0.2) is 101 Å².